The van der Waals surface area contributed by atoms with Gasteiger partial charge in [-0.2, -0.15) is 11.8 Å². The highest BCUT2D eigenvalue weighted by Crippen LogP contribution is 2.23. The zero-order chi connectivity index (χ0) is 12.9. The molecule has 1 rings (SSSR count). The molecule has 2 atom stereocenters. The van der Waals surface area contributed by atoms with Gasteiger partial charge in [0.15, 0.2) is 0 Å². The molecule has 2 unspecified atom stereocenters. The van der Waals surface area contributed by atoms with Crippen molar-refractivity contribution in [2.45, 2.75) is 25.3 Å². The standard InChI is InChI=1S/C10H23N3O2S2/c1-16-8-10(12-11)6-9-4-3-5-13(7-9)17(2,14)15/h9-10,12H,3-8,11H2,1-2H3. The van der Waals surface area contributed by atoms with Gasteiger partial charge in [0.05, 0.1) is 6.26 Å². The Morgan fingerprint density at radius 1 is 1.59 bits per heavy atom. The van der Waals surface area contributed by atoms with Crippen LogP contribution >= 0.6 is 11.8 Å². The Kier molecular flexibility index (Phi) is 6.22. The predicted molar refractivity (Wildman–Crippen MR) is 73.3 cm³/mol. The molecular weight excluding hydrogens is 258 g/mol. The van der Waals surface area contributed by atoms with Crippen molar-refractivity contribution in [2.75, 3.05) is 31.4 Å². The zero-order valence-corrected chi connectivity index (χ0v) is 12.2. The second-order valence-electron chi connectivity index (χ2n) is 4.68. The van der Waals surface area contributed by atoms with Gasteiger partial charge in [-0.05, 0) is 31.4 Å². The second-order valence-corrected chi connectivity index (χ2v) is 7.58. The largest absolute Gasteiger partial charge is 0.271 e. The third kappa shape index (κ3) is 5.13. The fourth-order valence-corrected chi connectivity index (χ4v) is 3.89. The first-order valence-corrected chi connectivity index (χ1v) is 9.11. The molecule has 1 heterocycles. The quantitative estimate of drug-likeness (QED) is 0.539. The topological polar surface area (TPSA) is 75.4 Å². The lowest BCUT2D eigenvalue weighted by Crippen LogP contribution is -2.44. The molecular formula is C10H23N3O2S2. The SMILES string of the molecule is CSCC(CC1CCCN(S(C)(=O)=O)C1)NN. The van der Waals surface area contributed by atoms with Crippen molar-refractivity contribution in [1.82, 2.24) is 9.73 Å². The number of hydrazine groups is 1. The average Bonchev–Trinajstić information content (AvgIpc) is 2.28. The van der Waals surface area contributed by atoms with Gasteiger partial charge >= 0.3 is 0 Å². The number of hydrogen-bond acceptors (Lipinski definition) is 5. The fraction of sp³-hybridized carbons (Fsp3) is 1.00. The summed E-state index contributed by atoms with van der Waals surface area (Å²) in [6, 6.07) is 0.273. The van der Waals surface area contributed by atoms with Crippen molar-refractivity contribution in [2.24, 2.45) is 11.8 Å². The molecule has 1 fully saturated rings. The summed E-state index contributed by atoms with van der Waals surface area (Å²) in [4.78, 5) is 0. The van der Waals surface area contributed by atoms with Crippen LogP contribution in [0.3, 0.4) is 0 Å². The maximum Gasteiger partial charge on any atom is 0.211 e. The van der Waals surface area contributed by atoms with Gasteiger partial charge in [-0.1, -0.05) is 0 Å². The fourth-order valence-electron chi connectivity index (χ4n) is 2.31. The molecule has 0 aromatic carbocycles. The van der Waals surface area contributed by atoms with Gasteiger partial charge in [-0.15, -0.1) is 0 Å². The first kappa shape index (κ1) is 15.2. The van der Waals surface area contributed by atoms with Crippen molar-refractivity contribution in [3.05, 3.63) is 0 Å². The molecule has 17 heavy (non-hydrogen) atoms. The number of thioether (sulfide) groups is 1. The van der Waals surface area contributed by atoms with Crippen molar-refractivity contribution in [3.63, 3.8) is 0 Å². The molecule has 1 saturated heterocycles. The molecule has 5 nitrogen and oxygen atoms in total. The highest BCUT2D eigenvalue weighted by Gasteiger charge is 2.27. The van der Waals surface area contributed by atoms with E-state index in [1.807, 2.05) is 6.26 Å². The molecule has 7 heteroatoms. The number of sulfonamides is 1. The smallest absolute Gasteiger partial charge is 0.211 e. The zero-order valence-electron chi connectivity index (χ0n) is 10.6. The molecule has 0 saturated carbocycles. The maximum absolute atomic E-state index is 11.5. The van der Waals surface area contributed by atoms with E-state index < -0.39 is 10.0 Å². The van der Waals surface area contributed by atoms with E-state index in [-0.39, 0.29) is 6.04 Å². The number of nitrogens with zero attached hydrogens (tertiary/aromatic N) is 1. The first-order valence-electron chi connectivity index (χ1n) is 5.87. The summed E-state index contributed by atoms with van der Waals surface area (Å²) in [6.45, 7) is 1.31. The number of nitrogens with two attached hydrogens (primary N) is 1. The summed E-state index contributed by atoms with van der Waals surface area (Å²) in [7, 11) is -3.04. The lowest BCUT2D eigenvalue weighted by molar-refractivity contribution is 0.242. The summed E-state index contributed by atoms with van der Waals surface area (Å²) in [5.41, 5.74) is 2.82. The summed E-state index contributed by atoms with van der Waals surface area (Å²) in [5, 5.41) is 0. The van der Waals surface area contributed by atoms with E-state index in [0.29, 0.717) is 19.0 Å². The molecule has 1 aliphatic heterocycles. The minimum Gasteiger partial charge on any atom is -0.271 e. The number of hydrogen-bond donors (Lipinski definition) is 2. The molecule has 0 bridgehead atoms. The summed E-state index contributed by atoms with van der Waals surface area (Å²) in [5.74, 6) is 6.89. The summed E-state index contributed by atoms with van der Waals surface area (Å²) in [6.07, 6.45) is 6.33. The third-order valence-electron chi connectivity index (χ3n) is 3.17. The van der Waals surface area contributed by atoms with Crippen LogP contribution in [0.5, 0.6) is 0 Å². The van der Waals surface area contributed by atoms with Gasteiger partial charge in [0.25, 0.3) is 0 Å². The van der Waals surface area contributed by atoms with Gasteiger partial charge in [0.1, 0.15) is 0 Å². The van der Waals surface area contributed by atoms with E-state index in [1.54, 1.807) is 16.1 Å². The minimum atomic E-state index is -3.04. The van der Waals surface area contributed by atoms with Crippen LogP contribution in [0.25, 0.3) is 0 Å². The van der Waals surface area contributed by atoms with E-state index >= 15 is 0 Å². The predicted octanol–water partition coefficient (Wildman–Crippen LogP) is 0.243. The first-order chi connectivity index (χ1) is 7.97. The van der Waals surface area contributed by atoms with E-state index in [1.165, 1.54) is 6.26 Å². The van der Waals surface area contributed by atoms with Crippen molar-refractivity contribution >= 4 is 21.8 Å². The highest BCUT2D eigenvalue weighted by molar-refractivity contribution is 7.98. The molecule has 102 valence electrons. The maximum atomic E-state index is 11.5. The van der Waals surface area contributed by atoms with Gasteiger partial charge in [-0.25, -0.2) is 12.7 Å². The molecule has 0 aliphatic carbocycles. The Morgan fingerprint density at radius 2 is 2.29 bits per heavy atom. The molecule has 3 N–H and O–H groups in total. The molecule has 0 amide bonds. The van der Waals surface area contributed by atoms with Crippen LogP contribution in [0.4, 0.5) is 0 Å². The lowest BCUT2D eigenvalue weighted by atomic mass is 9.93. The number of rotatable bonds is 6. The monoisotopic (exact) mass is 281 g/mol. The van der Waals surface area contributed by atoms with Crippen LogP contribution in [0.2, 0.25) is 0 Å². The molecule has 0 aromatic heterocycles. The average molecular weight is 281 g/mol. The normalized spacial score (nSPS) is 24.8. The highest BCUT2D eigenvalue weighted by atomic mass is 32.2. The Bertz CT molecular complexity index is 322. The van der Waals surface area contributed by atoms with Gasteiger partial charge < -0.3 is 0 Å². The molecule has 0 radical (unpaired) electrons. The van der Waals surface area contributed by atoms with E-state index in [0.717, 1.165) is 25.0 Å². The molecule has 0 aromatic rings. The van der Waals surface area contributed by atoms with Crippen LogP contribution in [0.1, 0.15) is 19.3 Å². The Labute approximate surface area is 109 Å². The van der Waals surface area contributed by atoms with Crippen LogP contribution in [0, 0.1) is 5.92 Å². The molecule has 1 aliphatic rings. The van der Waals surface area contributed by atoms with Crippen molar-refractivity contribution in [3.8, 4) is 0 Å². The second kappa shape index (κ2) is 6.94. The summed E-state index contributed by atoms with van der Waals surface area (Å²) >= 11 is 1.75. The third-order valence-corrected chi connectivity index (χ3v) is 5.18. The minimum absolute atomic E-state index is 0.273. The number of piperidine rings is 1. The van der Waals surface area contributed by atoms with Crippen LogP contribution in [0.15, 0.2) is 0 Å². The van der Waals surface area contributed by atoms with Crippen LogP contribution < -0.4 is 11.3 Å². The van der Waals surface area contributed by atoms with Gasteiger partial charge in [0, 0.05) is 24.9 Å². The van der Waals surface area contributed by atoms with Gasteiger partial charge in [0.2, 0.25) is 10.0 Å². The number of nitrogens with one attached hydrogen (secondary N) is 1. The van der Waals surface area contributed by atoms with Crippen LogP contribution in [-0.4, -0.2) is 50.1 Å². The molecule has 0 spiro atoms. The Morgan fingerprint density at radius 3 is 2.82 bits per heavy atom. The lowest BCUT2D eigenvalue weighted by Gasteiger charge is -2.32. The van der Waals surface area contributed by atoms with Crippen molar-refractivity contribution < 1.29 is 8.42 Å². The van der Waals surface area contributed by atoms with Gasteiger partial charge in [-0.3, -0.25) is 11.3 Å². The van der Waals surface area contributed by atoms with E-state index in [2.05, 4.69) is 5.43 Å². The van der Waals surface area contributed by atoms with E-state index in [9.17, 15) is 8.42 Å². The Hall–Kier alpha value is 0.180. The summed E-state index contributed by atoms with van der Waals surface area (Å²) < 4.78 is 24.6. The Balaban J connectivity index is 2.49. The van der Waals surface area contributed by atoms with Crippen molar-refractivity contribution in [1.29, 1.82) is 0 Å². The van der Waals surface area contributed by atoms with E-state index in [4.69, 9.17) is 5.84 Å². The van der Waals surface area contributed by atoms with Crippen LogP contribution in [-0.2, 0) is 10.0 Å².